The van der Waals surface area contributed by atoms with Gasteiger partial charge in [0.15, 0.2) is 0 Å². The zero-order valence-corrected chi connectivity index (χ0v) is 11.0. The molecule has 14 heavy (non-hydrogen) atoms. The van der Waals surface area contributed by atoms with Crippen molar-refractivity contribution >= 4 is 11.6 Å². The minimum absolute atomic E-state index is 0.395. The van der Waals surface area contributed by atoms with Crippen molar-refractivity contribution in [3.8, 4) is 0 Å². The van der Waals surface area contributed by atoms with E-state index in [-0.39, 0.29) is 0 Å². The molecule has 0 bridgehead atoms. The number of alkyl halides is 1. The van der Waals surface area contributed by atoms with E-state index in [4.69, 9.17) is 11.6 Å². The summed E-state index contributed by atoms with van der Waals surface area (Å²) in [6.07, 6.45) is 10.9. The maximum atomic E-state index is 5.97. The summed E-state index contributed by atoms with van der Waals surface area (Å²) in [6.45, 7) is 6.83. The topological polar surface area (TPSA) is 0 Å². The summed E-state index contributed by atoms with van der Waals surface area (Å²) in [5.41, 5.74) is 0.395. The zero-order valence-electron chi connectivity index (χ0n) is 10.2. The molecular weight excluding hydrogens is 192 g/mol. The van der Waals surface area contributed by atoms with E-state index in [2.05, 4.69) is 20.8 Å². The minimum atomic E-state index is 0.395. The second kappa shape index (κ2) is 8.59. The van der Waals surface area contributed by atoms with Gasteiger partial charge in [-0.3, -0.25) is 0 Å². The average Bonchev–Trinajstić information content (AvgIpc) is 2.23. The Hall–Kier alpha value is 0.290. The molecule has 0 N–H and O–H groups in total. The Morgan fingerprint density at radius 3 is 2.00 bits per heavy atom. The fourth-order valence-corrected chi connectivity index (χ4v) is 1.99. The predicted molar refractivity (Wildman–Crippen MR) is 67.1 cm³/mol. The first-order chi connectivity index (χ1) is 6.68. The van der Waals surface area contributed by atoms with Gasteiger partial charge in [-0.2, -0.15) is 0 Å². The zero-order chi connectivity index (χ0) is 10.9. The lowest BCUT2D eigenvalue weighted by molar-refractivity contribution is 0.312. The van der Waals surface area contributed by atoms with Crippen LogP contribution in [0.5, 0.6) is 0 Å². The largest absolute Gasteiger partial charge is 0.126 e. The van der Waals surface area contributed by atoms with E-state index in [0.717, 1.165) is 5.88 Å². The molecule has 0 spiro atoms. The van der Waals surface area contributed by atoms with E-state index < -0.39 is 0 Å². The van der Waals surface area contributed by atoms with Crippen molar-refractivity contribution in [3.63, 3.8) is 0 Å². The lowest BCUT2D eigenvalue weighted by atomic mass is 9.84. The Kier molecular flexibility index (Phi) is 8.76. The van der Waals surface area contributed by atoms with Crippen molar-refractivity contribution in [2.45, 2.75) is 72.1 Å². The van der Waals surface area contributed by atoms with Crippen LogP contribution >= 0.6 is 11.6 Å². The minimum Gasteiger partial charge on any atom is -0.126 e. The predicted octanol–water partition coefficient (Wildman–Crippen LogP) is 5.39. The smallest absolute Gasteiger partial charge is 0.0277 e. The van der Waals surface area contributed by atoms with E-state index in [1.807, 2.05) is 0 Å². The lowest BCUT2D eigenvalue weighted by Crippen LogP contribution is -2.16. The second-order valence-corrected chi connectivity index (χ2v) is 5.08. The summed E-state index contributed by atoms with van der Waals surface area (Å²) in [7, 11) is 0. The van der Waals surface area contributed by atoms with Gasteiger partial charge in [0.1, 0.15) is 0 Å². The van der Waals surface area contributed by atoms with E-state index in [0.29, 0.717) is 5.41 Å². The number of hydrogen-bond donors (Lipinski definition) is 0. The van der Waals surface area contributed by atoms with Crippen LogP contribution in [0.2, 0.25) is 0 Å². The lowest BCUT2D eigenvalue weighted by Gasteiger charge is -2.25. The normalized spacial score (nSPS) is 15.4. The van der Waals surface area contributed by atoms with E-state index >= 15 is 0 Å². The highest BCUT2D eigenvalue weighted by atomic mass is 35.5. The van der Waals surface area contributed by atoms with E-state index in [9.17, 15) is 0 Å². The first-order valence-electron chi connectivity index (χ1n) is 6.24. The number of unbranched alkanes of at least 4 members (excludes halogenated alkanes) is 5. The monoisotopic (exact) mass is 218 g/mol. The molecule has 0 aliphatic rings. The highest BCUT2D eigenvalue weighted by Gasteiger charge is 2.19. The molecule has 1 atom stereocenters. The van der Waals surface area contributed by atoms with Crippen molar-refractivity contribution in [1.29, 1.82) is 0 Å². The van der Waals surface area contributed by atoms with Crippen LogP contribution in [0.4, 0.5) is 0 Å². The van der Waals surface area contributed by atoms with Gasteiger partial charge in [0.25, 0.3) is 0 Å². The Morgan fingerprint density at radius 2 is 1.50 bits per heavy atom. The van der Waals surface area contributed by atoms with Crippen LogP contribution in [-0.4, -0.2) is 5.88 Å². The van der Waals surface area contributed by atoms with Crippen molar-refractivity contribution in [2.75, 3.05) is 5.88 Å². The summed E-state index contributed by atoms with van der Waals surface area (Å²) < 4.78 is 0. The van der Waals surface area contributed by atoms with Crippen LogP contribution in [0.3, 0.4) is 0 Å². The molecule has 0 aliphatic heterocycles. The molecular formula is C13H27Cl. The van der Waals surface area contributed by atoms with Gasteiger partial charge in [-0.15, -0.1) is 11.6 Å². The van der Waals surface area contributed by atoms with Gasteiger partial charge >= 0.3 is 0 Å². The highest BCUT2D eigenvalue weighted by Crippen LogP contribution is 2.29. The third kappa shape index (κ3) is 6.70. The maximum absolute atomic E-state index is 5.97. The summed E-state index contributed by atoms with van der Waals surface area (Å²) in [4.78, 5) is 0. The van der Waals surface area contributed by atoms with Gasteiger partial charge in [-0.05, 0) is 18.3 Å². The van der Waals surface area contributed by atoms with Crippen LogP contribution < -0.4 is 0 Å². The van der Waals surface area contributed by atoms with Crippen molar-refractivity contribution in [1.82, 2.24) is 0 Å². The van der Waals surface area contributed by atoms with E-state index in [1.165, 1.54) is 51.4 Å². The molecule has 0 saturated heterocycles. The molecule has 0 aromatic rings. The summed E-state index contributed by atoms with van der Waals surface area (Å²) >= 11 is 5.97. The molecule has 0 nitrogen and oxygen atoms in total. The van der Waals surface area contributed by atoms with Gasteiger partial charge in [0.05, 0.1) is 0 Å². The number of hydrogen-bond acceptors (Lipinski definition) is 0. The molecule has 0 fully saturated rings. The summed E-state index contributed by atoms with van der Waals surface area (Å²) in [6, 6.07) is 0. The maximum Gasteiger partial charge on any atom is 0.0277 e. The SMILES string of the molecule is CCCCCCCCC(C)(CC)CCl. The third-order valence-corrected chi connectivity index (χ3v) is 3.96. The molecule has 1 unspecified atom stereocenters. The van der Waals surface area contributed by atoms with Crippen LogP contribution in [0.1, 0.15) is 72.1 Å². The van der Waals surface area contributed by atoms with Crippen LogP contribution in [0.15, 0.2) is 0 Å². The Bertz CT molecular complexity index is 116. The van der Waals surface area contributed by atoms with Crippen LogP contribution in [-0.2, 0) is 0 Å². The van der Waals surface area contributed by atoms with Crippen LogP contribution in [0.25, 0.3) is 0 Å². The summed E-state index contributed by atoms with van der Waals surface area (Å²) in [5, 5.41) is 0. The highest BCUT2D eigenvalue weighted by molar-refractivity contribution is 6.18. The van der Waals surface area contributed by atoms with Gasteiger partial charge in [0.2, 0.25) is 0 Å². The first-order valence-corrected chi connectivity index (χ1v) is 6.78. The Labute approximate surface area is 95.4 Å². The van der Waals surface area contributed by atoms with Gasteiger partial charge in [-0.25, -0.2) is 0 Å². The molecule has 0 heterocycles. The van der Waals surface area contributed by atoms with E-state index in [1.54, 1.807) is 0 Å². The molecule has 0 amide bonds. The Balaban J connectivity index is 3.34. The molecule has 1 heteroatoms. The van der Waals surface area contributed by atoms with Crippen molar-refractivity contribution < 1.29 is 0 Å². The summed E-state index contributed by atoms with van der Waals surface area (Å²) in [5.74, 6) is 0.818. The molecule has 86 valence electrons. The number of rotatable bonds is 9. The van der Waals surface area contributed by atoms with Crippen molar-refractivity contribution in [3.05, 3.63) is 0 Å². The van der Waals surface area contributed by atoms with Crippen molar-refractivity contribution in [2.24, 2.45) is 5.41 Å². The average molecular weight is 219 g/mol. The second-order valence-electron chi connectivity index (χ2n) is 4.82. The van der Waals surface area contributed by atoms with Gasteiger partial charge < -0.3 is 0 Å². The standard InChI is InChI=1S/C13H27Cl/c1-4-6-7-8-9-10-11-13(3,5-2)12-14/h4-12H2,1-3H3. The molecule has 0 aromatic carbocycles. The molecule has 0 radical (unpaired) electrons. The Morgan fingerprint density at radius 1 is 0.929 bits per heavy atom. The molecule has 0 aliphatic carbocycles. The quantitative estimate of drug-likeness (QED) is 0.360. The van der Waals surface area contributed by atoms with Gasteiger partial charge in [0, 0.05) is 5.88 Å². The molecule has 0 aromatic heterocycles. The van der Waals surface area contributed by atoms with Crippen LogP contribution in [0, 0.1) is 5.41 Å². The first kappa shape index (κ1) is 14.3. The molecule has 0 saturated carbocycles. The third-order valence-electron chi connectivity index (χ3n) is 3.31. The number of halogens is 1. The molecule has 0 rings (SSSR count). The van der Waals surface area contributed by atoms with Gasteiger partial charge in [-0.1, -0.05) is 59.3 Å². The fraction of sp³-hybridized carbons (Fsp3) is 1.00. The fourth-order valence-electron chi connectivity index (χ4n) is 1.67.